The van der Waals surface area contributed by atoms with E-state index in [9.17, 15) is 4.79 Å². The van der Waals surface area contributed by atoms with E-state index in [2.05, 4.69) is 35.6 Å². The van der Waals surface area contributed by atoms with Gasteiger partial charge >= 0.3 is 0 Å². The SMILES string of the molecule is O=C(Cc1ccc(Cl)c(Cl)c1)NC1(c2cc3ccccc3s2)CCCCC1. The average Bonchev–Trinajstić information content (AvgIpc) is 3.10. The van der Waals surface area contributed by atoms with Crippen molar-refractivity contribution < 1.29 is 4.79 Å². The molecule has 0 aliphatic heterocycles. The average molecular weight is 418 g/mol. The van der Waals surface area contributed by atoms with Gasteiger partial charge in [0.15, 0.2) is 0 Å². The third kappa shape index (κ3) is 4.01. The van der Waals surface area contributed by atoms with Crippen LogP contribution in [0, 0.1) is 0 Å². The maximum absolute atomic E-state index is 12.9. The number of hydrogen-bond donors (Lipinski definition) is 1. The molecule has 2 aromatic carbocycles. The maximum atomic E-state index is 12.9. The van der Waals surface area contributed by atoms with Crippen LogP contribution in [0.2, 0.25) is 10.0 Å². The molecule has 1 N–H and O–H groups in total. The van der Waals surface area contributed by atoms with Crippen molar-refractivity contribution in [3.8, 4) is 0 Å². The normalized spacial score (nSPS) is 16.4. The van der Waals surface area contributed by atoms with Gasteiger partial charge in [-0.05, 0) is 48.1 Å². The van der Waals surface area contributed by atoms with E-state index in [4.69, 9.17) is 23.2 Å². The zero-order chi connectivity index (χ0) is 18.9. The van der Waals surface area contributed by atoms with Crippen LogP contribution in [0.15, 0.2) is 48.5 Å². The minimum atomic E-state index is -0.255. The molecule has 1 aromatic heterocycles. The monoisotopic (exact) mass is 417 g/mol. The van der Waals surface area contributed by atoms with Gasteiger partial charge in [-0.15, -0.1) is 11.3 Å². The van der Waals surface area contributed by atoms with Crippen molar-refractivity contribution in [2.45, 2.75) is 44.1 Å². The Hall–Kier alpha value is -1.55. The molecule has 0 radical (unpaired) electrons. The fraction of sp³-hybridized carbons (Fsp3) is 0.318. The summed E-state index contributed by atoms with van der Waals surface area (Å²) in [6.07, 6.45) is 5.81. The summed E-state index contributed by atoms with van der Waals surface area (Å²) in [5.41, 5.74) is 0.624. The van der Waals surface area contributed by atoms with Crippen LogP contribution in [-0.2, 0) is 16.8 Å². The molecule has 1 aliphatic carbocycles. The van der Waals surface area contributed by atoms with Crippen molar-refractivity contribution in [2.75, 3.05) is 0 Å². The second-order valence-electron chi connectivity index (χ2n) is 7.26. The lowest BCUT2D eigenvalue weighted by Crippen LogP contribution is -2.47. The Kier molecular flexibility index (Phi) is 5.45. The van der Waals surface area contributed by atoms with Crippen LogP contribution >= 0.6 is 34.5 Å². The molecule has 1 heterocycles. The van der Waals surface area contributed by atoms with Gasteiger partial charge in [-0.3, -0.25) is 4.79 Å². The van der Waals surface area contributed by atoms with Crippen LogP contribution in [0.1, 0.15) is 42.5 Å². The second kappa shape index (κ2) is 7.83. The summed E-state index contributed by atoms with van der Waals surface area (Å²) in [6.45, 7) is 0. The second-order valence-corrected chi connectivity index (χ2v) is 9.16. The first-order valence-electron chi connectivity index (χ1n) is 9.30. The summed E-state index contributed by atoms with van der Waals surface area (Å²) in [7, 11) is 0. The minimum absolute atomic E-state index is 0.0349. The molecule has 140 valence electrons. The summed E-state index contributed by atoms with van der Waals surface area (Å²) in [4.78, 5) is 14.2. The molecule has 0 unspecified atom stereocenters. The molecule has 27 heavy (non-hydrogen) atoms. The number of rotatable bonds is 4. The molecule has 2 nitrogen and oxygen atoms in total. The van der Waals surface area contributed by atoms with Crippen LogP contribution in [-0.4, -0.2) is 5.91 Å². The van der Waals surface area contributed by atoms with E-state index in [-0.39, 0.29) is 11.4 Å². The number of amides is 1. The summed E-state index contributed by atoms with van der Waals surface area (Å²) in [5.74, 6) is 0.0349. The number of halogens is 2. The maximum Gasteiger partial charge on any atom is 0.225 e. The Morgan fingerprint density at radius 2 is 1.78 bits per heavy atom. The summed E-state index contributed by atoms with van der Waals surface area (Å²) in [5, 5.41) is 5.63. The lowest BCUT2D eigenvalue weighted by atomic mass is 9.80. The smallest absolute Gasteiger partial charge is 0.225 e. The van der Waals surface area contributed by atoms with Crippen LogP contribution in [0.5, 0.6) is 0 Å². The predicted molar refractivity (Wildman–Crippen MR) is 115 cm³/mol. The molecule has 5 heteroatoms. The Bertz CT molecular complexity index is 942. The number of fused-ring (bicyclic) bond motifs is 1. The van der Waals surface area contributed by atoms with Crippen molar-refractivity contribution in [1.29, 1.82) is 0 Å². The zero-order valence-electron chi connectivity index (χ0n) is 14.9. The number of thiophene rings is 1. The summed E-state index contributed by atoms with van der Waals surface area (Å²) < 4.78 is 1.27. The molecule has 3 aromatic rings. The van der Waals surface area contributed by atoms with E-state index in [1.54, 1.807) is 23.5 Å². The summed E-state index contributed by atoms with van der Waals surface area (Å²) in [6, 6.07) is 16.1. The van der Waals surface area contributed by atoms with E-state index in [1.807, 2.05) is 6.07 Å². The van der Waals surface area contributed by atoms with Crippen molar-refractivity contribution in [3.05, 3.63) is 69.0 Å². The highest BCUT2D eigenvalue weighted by Crippen LogP contribution is 2.42. The minimum Gasteiger partial charge on any atom is -0.345 e. The topological polar surface area (TPSA) is 29.1 Å². The van der Waals surface area contributed by atoms with Crippen molar-refractivity contribution in [1.82, 2.24) is 5.32 Å². The van der Waals surface area contributed by atoms with Crippen molar-refractivity contribution in [3.63, 3.8) is 0 Å². The van der Waals surface area contributed by atoms with E-state index < -0.39 is 0 Å². The fourth-order valence-corrected chi connectivity index (χ4v) is 5.54. The molecule has 1 saturated carbocycles. The Morgan fingerprint density at radius 3 is 2.52 bits per heavy atom. The lowest BCUT2D eigenvalue weighted by Gasteiger charge is -2.37. The molecule has 1 fully saturated rings. The Morgan fingerprint density at radius 1 is 1.00 bits per heavy atom. The van der Waals surface area contributed by atoms with Crippen molar-refractivity contribution >= 4 is 50.5 Å². The Balaban J connectivity index is 1.59. The number of carbonyl (C=O) groups excluding carboxylic acids is 1. The fourth-order valence-electron chi connectivity index (χ4n) is 3.95. The van der Waals surface area contributed by atoms with Gasteiger partial charge in [0.25, 0.3) is 0 Å². The highest BCUT2D eigenvalue weighted by molar-refractivity contribution is 7.19. The quantitative estimate of drug-likeness (QED) is 0.500. The predicted octanol–water partition coefficient (Wildman–Crippen LogP) is 6.73. The van der Waals surface area contributed by atoms with E-state index in [0.29, 0.717) is 16.5 Å². The van der Waals surface area contributed by atoms with E-state index in [0.717, 1.165) is 31.2 Å². The van der Waals surface area contributed by atoms with Gasteiger partial charge in [-0.25, -0.2) is 0 Å². The molecule has 0 bridgehead atoms. The highest BCUT2D eigenvalue weighted by atomic mass is 35.5. The zero-order valence-corrected chi connectivity index (χ0v) is 17.3. The first-order valence-corrected chi connectivity index (χ1v) is 10.9. The van der Waals surface area contributed by atoms with E-state index >= 15 is 0 Å². The molecule has 0 spiro atoms. The molecular formula is C22H21Cl2NOS. The third-order valence-corrected chi connectivity index (χ3v) is 7.39. The van der Waals surface area contributed by atoms with Crippen LogP contribution < -0.4 is 5.32 Å². The Labute approximate surface area is 173 Å². The van der Waals surface area contributed by atoms with Gasteiger partial charge in [0.1, 0.15) is 0 Å². The van der Waals surface area contributed by atoms with Gasteiger partial charge in [0.2, 0.25) is 5.91 Å². The molecule has 4 rings (SSSR count). The first-order chi connectivity index (χ1) is 13.1. The third-order valence-electron chi connectivity index (χ3n) is 5.33. The lowest BCUT2D eigenvalue weighted by molar-refractivity contribution is -0.122. The highest BCUT2D eigenvalue weighted by Gasteiger charge is 2.36. The van der Waals surface area contributed by atoms with Crippen LogP contribution in [0.25, 0.3) is 10.1 Å². The number of benzene rings is 2. The number of nitrogens with one attached hydrogen (secondary N) is 1. The molecular weight excluding hydrogens is 397 g/mol. The largest absolute Gasteiger partial charge is 0.345 e. The molecule has 1 aliphatic rings. The van der Waals surface area contributed by atoms with Gasteiger partial charge in [0.05, 0.1) is 22.0 Å². The van der Waals surface area contributed by atoms with Crippen molar-refractivity contribution in [2.24, 2.45) is 0 Å². The van der Waals surface area contributed by atoms with Gasteiger partial charge < -0.3 is 5.32 Å². The van der Waals surface area contributed by atoms with Gasteiger partial charge in [-0.2, -0.15) is 0 Å². The van der Waals surface area contributed by atoms with Crippen LogP contribution in [0.3, 0.4) is 0 Å². The van der Waals surface area contributed by atoms with E-state index in [1.165, 1.54) is 21.4 Å². The molecule has 1 amide bonds. The standard InChI is InChI=1S/C22H21Cl2NOS/c23-17-9-8-15(12-18(17)24)13-21(26)25-22(10-4-1-5-11-22)20-14-16-6-2-3-7-19(16)27-20/h2-3,6-9,12,14H,1,4-5,10-11,13H2,(H,25,26). The molecule has 0 atom stereocenters. The van der Waals surface area contributed by atoms with Gasteiger partial charge in [0, 0.05) is 9.58 Å². The molecule has 0 saturated heterocycles. The summed E-state index contributed by atoms with van der Waals surface area (Å²) >= 11 is 13.9. The number of hydrogen-bond acceptors (Lipinski definition) is 2. The first kappa shape index (κ1) is 18.8. The number of carbonyl (C=O) groups is 1. The van der Waals surface area contributed by atoms with Crippen LogP contribution in [0.4, 0.5) is 0 Å². The van der Waals surface area contributed by atoms with Gasteiger partial charge in [-0.1, -0.05) is 66.7 Å².